The topological polar surface area (TPSA) is 90.1 Å². The molecule has 1 aliphatic carbocycles. The fourth-order valence-corrected chi connectivity index (χ4v) is 3.39. The summed E-state index contributed by atoms with van der Waals surface area (Å²) in [5.74, 6) is -0.183. The van der Waals surface area contributed by atoms with Gasteiger partial charge in [0.25, 0.3) is 0 Å². The highest BCUT2D eigenvalue weighted by molar-refractivity contribution is 5.76. The summed E-state index contributed by atoms with van der Waals surface area (Å²) in [6.07, 6.45) is 2.97. The molecule has 1 heterocycles. The Morgan fingerprint density at radius 3 is 2.88 bits per heavy atom. The maximum absolute atomic E-state index is 12.4. The summed E-state index contributed by atoms with van der Waals surface area (Å²) < 4.78 is 1.40. The van der Waals surface area contributed by atoms with E-state index in [1.54, 1.807) is 13.8 Å². The third-order valence-corrected chi connectivity index (χ3v) is 4.52. The van der Waals surface area contributed by atoms with Crippen LogP contribution in [0.5, 0.6) is 0 Å². The van der Waals surface area contributed by atoms with E-state index in [2.05, 4.69) is 16.5 Å². The van der Waals surface area contributed by atoms with E-state index in [1.807, 2.05) is 18.2 Å². The van der Waals surface area contributed by atoms with Crippen molar-refractivity contribution in [3.05, 3.63) is 56.9 Å². The second kappa shape index (κ2) is 6.43. The Hall–Kier alpha value is -2.70. The van der Waals surface area contributed by atoms with Crippen LogP contribution in [0.2, 0.25) is 0 Å². The van der Waals surface area contributed by atoms with Crippen LogP contribution in [0.1, 0.15) is 41.4 Å². The Labute approximate surface area is 139 Å². The molecule has 1 unspecified atom stereocenters. The van der Waals surface area contributed by atoms with E-state index < -0.39 is 4.92 Å². The SMILES string of the molecule is Cc1nn(CC(=O)NC2CCCc3ccccc32)c(C)c1[N+](=O)[O-]. The number of benzene rings is 1. The number of hydrogen-bond donors (Lipinski definition) is 1. The number of aromatic nitrogens is 2. The van der Waals surface area contributed by atoms with Gasteiger partial charge in [0.2, 0.25) is 5.91 Å². The molecule has 0 radical (unpaired) electrons. The number of hydrogen-bond acceptors (Lipinski definition) is 4. The number of nitrogens with one attached hydrogen (secondary N) is 1. The second-order valence-electron chi connectivity index (χ2n) is 6.15. The summed E-state index contributed by atoms with van der Waals surface area (Å²) in [4.78, 5) is 23.0. The van der Waals surface area contributed by atoms with Crippen LogP contribution >= 0.6 is 0 Å². The molecule has 1 atom stereocenters. The summed E-state index contributed by atoms with van der Waals surface area (Å²) in [7, 11) is 0. The molecule has 1 aromatic heterocycles. The molecule has 3 rings (SSSR count). The van der Waals surface area contributed by atoms with Crippen LogP contribution in [-0.4, -0.2) is 20.6 Å². The van der Waals surface area contributed by atoms with Crippen molar-refractivity contribution in [2.45, 2.75) is 45.7 Å². The minimum Gasteiger partial charge on any atom is -0.348 e. The van der Waals surface area contributed by atoms with Crippen molar-refractivity contribution in [1.82, 2.24) is 15.1 Å². The summed E-state index contributed by atoms with van der Waals surface area (Å²) in [5.41, 5.74) is 3.14. The van der Waals surface area contributed by atoms with Crippen molar-refractivity contribution in [1.29, 1.82) is 0 Å². The lowest BCUT2D eigenvalue weighted by molar-refractivity contribution is -0.386. The van der Waals surface area contributed by atoms with Crippen LogP contribution < -0.4 is 5.32 Å². The molecule has 24 heavy (non-hydrogen) atoms. The van der Waals surface area contributed by atoms with Crippen molar-refractivity contribution >= 4 is 11.6 Å². The van der Waals surface area contributed by atoms with Crippen LogP contribution in [0.25, 0.3) is 0 Å². The van der Waals surface area contributed by atoms with E-state index in [0.717, 1.165) is 24.8 Å². The maximum Gasteiger partial charge on any atom is 0.312 e. The standard InChI is InChI=1S/C17H20N4O3/c1-11-17(21(23)24)12(2)20(19-11)10-16(22)18-15-9-5-7-13-6-3-4-8-14(13)15/h3-4,6,8,15H,5,7,9-10H2,1-2H3,(H,18,22). The molecule has 0 saturated carbocycles. The largest absolute Gasteiger partial charge is 0.348 e. The average molecular weight is 328 g/mol. The first-order valence-corrected chi connectivity index (χ1v) is 8.03. The average Bonchev–Trinajstić information content (AvgIpc) is 2.81. The Kier molecular flexibility index (Phi) is 4.33. The Bertz CT molecular complexity index is 797. The zero-order chi connectivity index (χ0) is 17.3. The van der Waals surface area contributed by atoms with Gasteiger partial charge in [-0.05, 0) is 44.2 Å². The van der Waals surface area contributed by atoms with Gasteiger partial charge in [0, 0.05) is 0 Å². The molecule has 2 aromatic rings. The number of fused-ring (bicyclic) bond motifs is 1. The molecule has 7 nitrogen and oxygen atoms in total. The molecule has 1 amide bonds. The summed E-state index contributed by atoms with van der Waals surface area (Å²) >= 11 is 0. The van der Waals surface area contributed by atoms with Crippen molar-refractivity contribution in [3.8, 4) is 0 Å². The van der Waals surface area contributed by atoms with Crippen LogP contribution in [0, 0.1) is 24.0 Å². The normalized spacial score (nSPS) is 16.5. The lowest BCUT2D eigenvalue weighted by Crippen LogP contribution is -2.33. The third kappa shape index (κ3) is 3.02. The number of nitro groups is 1. The highest BCUT2D eigenvalue weighted by atomic mass is 16.6. The number of nitrogens with zero attached hydrogens (tertiary/aromatic N) is 3. The number of amides is 1. The van der Waals surface area contributed by atoms with Gasteiger partial charge in [-0.2, -0.15) is 5.10 Å². The van der Waals surface area contributed by atoms with Crippen molar-refractivity contribution in [3.63, 3.8) is 0 Å². The minimum atomic E-state index is -0.455. The van der Waals surface area contributed by atoms with E-state index in [9.17, 15) is 14.9 Å². The van der Waals surface area contributed by atoms with Gasteiger partial charge >= 0.3 is 5.69 Å². The Morgan fingerprint density at radius 2 is 2.17 bits per heavy atom. The van der Waals surface area contributed by atoms with E-state index >= 15 is 0 Å². The van der Waals surface area contributed by atoms with Gasteiger partial charge in [0.15, 0.2) is 0 Å². The van der Waals surface area contributed by atoms with Gasteiger partial charge in [-0.1, -0.05) is 24.3 Å². The molecule has 0 bridgehead atoms. The first-order valence-electron chi connectivity index (χ1n) is 8.03. The van der Waals surface area contributed by atoms with Gasteiger partial charge in [-0.25, -0.2) is 0 Å². The molecule has 0 spiro atoms. The molecule has 0 saturated heterocycles. The molecule has 126 valence electrons. The van der Waals surface area contributed by atoms with Crippen LogP contribution in [0.3, 0.4) is 0 Å². The molecular formula is C17H20N4O3. The molecule has 0 aliphatic heterocycles. The van der Waals surface area contributed by atoms with Gasteiger partial charge in [0.1, 0.15) is 17.9 Å². The van der Waals surface area contributed by atoms with Gasteiger partial charge in [0.05, 0.1) is 11.0 Å². The maximum atomic E-state index is 12.4. The number of rotatable bonds is 4. The van der Waals surface area contributed by atoms with E-state index in [1.165, 1.54) is 10.2 Å². The number of carbonyl (C=O) groups is 1. The lowest BCUT2D eigenvalue weighted by Gasteiger charge is -2.26. The smallest absolute Gasteiger partial charge is 0.312 e. The fraction of sp³-hybridized carbons (Fsp3) is 0.412. The van der Waals surface area contributed by atoms with E-state index in [-0.39, 0.29) is 24.2 Å². The molecule has 0 fully saturated rings. The quantitative estimate of drug-likeness (QED) is 0.690. The molecular weight excluding hydrogens is 308 g/mol. The summed E-state index contributed by atoms with van der Waals surface area (Å²) in [6, 6.07) is 8.13. The van der Waals surface area contributed by atoms with Crippen LogP contribution in [-0.2, 0) is 17.8 Å². The molecule has 1 aliphatic rings. The number of carbonyl (C=O) groups excluding carboxylic acids is 1. The zero-order valence-corrected chi connectivity index (χ0v) is 13.8. The minimum absolute atomic E-state index is 0.00518. The highest BCUT2D eigenvalue weighted by Gasteiger charge is 2.25. The Balaban J connectivity index is 1.74. The van der Waals surface area contributed by atoms with Crippen LogP contribution in [0.15, 0.2) is 24.3 Å². The Morgan fingerprint density at radius 1 is 1.42 bits per heavy atom. The second-order valence-corrected chi connectivity index (χ2v) is 6.15. The first kappa shape index (κ1) is 16.2. The van der Waals surface area contributed by atoms with Gasteiger partial charge in [-0.15, -0.1) is 0 Å². The van der Waals surface area contributed by atoms with Crippen molar-refractivity contribution < 1.29 is 9.72 Å². The molecule has 1 aromatic carbocycles. The lowest BCUT2D eigenvalue weighted by atomic mass is 9.88. The van der Waals surface area contributed by atoms with Crippen LogP contribution in [0.4, 0.5) is 5.69 Å². The van der Waals surface area contributed by atoms with Gasteiger partial charge in [-0.3, -0.25) is 19.6 Å². The van der Waals surface area contributed by atoms with E-state index in [4.69, 9.17) is 0 Å². The van der Waals surface area contributed by atoms with Gasteiger partial charge < -0.3 is 5.32 Å². The predicted molar refractivity (Wildman–Crippen MR) is 88.6 cm³/mol. The monoisotopic (exact) mass is 328 g/mol. The fourth-order valence-electron chi connectivity index (χ4n) is 3.39. The van der Waals surface area contributed by atoms with Crippen molar-refractivity contribution in [2.75, 3.05) is 0 Å². The molecule has 1 N–H and O–H groups in total. The highest BCUT2D eigenvalue weighted by Crippen LogP contribution is 2.29. The zero-order valence-electron chi connectivity index (χ0n) is 13.8. The molecule has 7 heteroatoms. The van der Waals surface area contributed by atoms with E-state index in [0.29, 0.717) is 11.4 Å². The predicted octanol–water partition coefficient (Wildman–Crippen LogP) is 2.60. The van der Waals surface area contributed by atoms with Crippen molar-refractivity contribution in [2.24, 2.45) is 0 Å². The summed E-state index contributed by atoms with van der Waals surface area (Å²) in [5, 5.41) is 18.2. The summed E-state index contributed by atoms with van der Waals surface area (Å²) in [6.45, 7) is 3.18. The number of aryl methyl sites for hydroxylation is 2. The third-order valence-electron chi connectivity index (χ3n) is 4.52. The first-order chi connectivity index (χ1) is 11.5.